The second-order valence-electron chi connectivity index (χ2n) is 7.73. The van der Waals surface area contributed by atoms with Crippen molar-refractivity contribution in [1.82, 2.24) is 0 Å². The normalized spacial score (nSPS) is 46.4. The first-order valence-electron chi connectivity index (χ1n) is 8.76. The highest BCUT2D eigenvalue weighted by Gasteiger charge is 2.51. The number of rotatable bonds is 6. The third-order valence-electron chi connectivity index (χ3n) is 4.43. The fourth-order valence-electron chi connectivity index (χ4n) is 3.03. The van der Waals surface area contributed by atoms with Gasteiger partial charge in [-0.25, -0.2) is 0 Å². The summed E-state index contributed by atoms with van der Waals surface area (Å²) in [6, 6.07) is 0. The number of hydrogen-bond donors (Lipinski definition) is 7. The van der Waals surface area contributed by atoms with Crippen LogP contribution in [0.1, 0.15) is 0 Å². The second-order valence-corrected chi connectivity index (χ2v) is 12.2. The van der Waals surface area contributed by atoms with E-state index >= 15 is 0 Å². The number of aliphatic hydroxyl groups is 7. The van der Waals surface area contributed by atoms with E-state index in [1.807, 2.05) is 19.6 Å². The molecular weight excluding hydrogens is 384 g/mol. The zero-order chi connectivity index (χ0) is 20.5. The Hall–Kier alpha value is -0.223. The molecule has 2 aliphatic rings. The number of ether oxygens (including phenoxy) is 3. The molecule has 2 saturated heterocycles. The van der Waals surface area contributed by atoms with Crippen molar-refractivity contribution < 1.29 is 54.4 Å². The van der Waals surface area contributed by atoms with E-state index in [2.05, 4.69) is 0 Å². The van der Waals surface area contributed by atoms with Gasteiger partial charge in [0.1, 0.15) is 48.8 Å². The summed E-state index contributed by atoms with van der Waals surface area (Å²) in [6.07, 6.45) is -14.1. The summed E-state index contributed by atoms with van der Waals surface area (Å²) >= 11 is 0. The van der Waals surface area contributed by atoms with E-state index in [4.69, 9.17) is 18.6 Å². The Kier molecular flexibility index (Phi) is 7.74. The molecule has 2 aliphatic heterocycles. The van der Waals surface area contributed by atoms with E-state index in [0.29, 0.717) is 0 Å². The van der Waals surface area contributed by atoms with Crippen molar-refractivity contribution in [2.45, 2.75) is 81.1 Å². The number of aliphatic hydroxyl groups excluding tert-OH is 7. The van der Waals surface area contributed by atoms with Gasteiger partial charge in [-0.1, -0.05) is 0 Å². The van der Waals surface area contributed by atoms with E-state index in [1.165, 1.54) is 0 Å². The Labute approximate surface area is 157 Å². The van der Waals surface area contributed by atoms with Crippen LogP contribution >= 0.6 is 0 Å². The van der Waals surface area contributed by atoms with E-state index in [9.17, 15) is 35.7 Å². The standard InChI is InChI=1S/C15H30O11Si/c1-27(2,3)26-13-9(19)7(5-17)24-15(12(13)22)25-14-11(21)10(20)8(18)6(4-16)23-14/h6-22H,4-5H2,1-3H3/t6-,7-,8-,9-,10+,11-,12-,13+,14-,15-/m1/s1. The van der Waals surface area contributed by atoms with Crippen LogP contribution in [-0.2, 0) is 18.6 Å². The lowest BCUT2D eigenvalue weighted by atomic mass is 9.98. The maximum Gasteiger partial charge on any atom is 0.189 e. The molecule has 0 aromatic carbocycles. The maximum atomic E-state index is 10.5. The van der Waals surface area contributed by atoms with Crippen LogP contribution in [0.4, 0.5) is 0 Å². The Morgan fingerprint density at radius 3 is 1.67 bits per heavy atom. The summed E-state index contributed by atoms with van der Waals surface area (Å²) in [4.78, 5) is 0. The lowest BCUT2D eigenvalue weighted by Crippen LogP contribution is -2.65. The fourth-order valence-corrected chi connectivity index (χ4v) is 4.12. The first-order valence-corrected chi connectivity index (χ1v) is 12.2. The molecule has 2 heterocycles. The van der Waals surface area contributed by atoms with Crippen molar-refractivity contribution in [3.8, 4) is 0 Å². The Balaban J connectivity index is 2.15. The van der Waals surface area contributed by atoms with Gasteiger partial charge in [0.2, 0.25) is 0 Å². The van der Waals surface area contributed by atoms with E-state index in [0.717, 1.165) is 0 Å². The van der Waals surface area contributed by atoms with Crippen molar-refractivity contribution in [3.05, 3.63) is 0 Å². The number of hydrogen-bond acceptors (Lipinski definition) is 11. The molecule has 0 aliphatic carbocycles. The minimum absolute atomic E-state index is 0.575. The summed E-state index contributed by atoms with van der Waals surface area (Å²) in [5.74, 6) is 0. The molecule has 7 N–H and O–H groups in total. The molecule has 12 heteroatoms. The molecule has 0 aromatic heterocycles. The van der Waals surface area contributed by atoms with Crippen molar-refractivity contribution in [2.75, 3.05) is 13.2 Å². The predicted octanol–water partition coefficient (Wildman–Crippen LogP) is -3.54. The zero-order valence-corrected chi connectivity index (χ0v) is 16.5. The van der Waals surface area contributed by atoms with Crippen molar-refractivity contribution in [1.29, 1.82) is 0 Å². The van der Waals surface area contributed by atoms with Gasteiger partial charge in [0.25, 0.3) is 0 Å². The Morgan fingerprint density at radius 1 is 0.704 bits per heavy atom. The van der Waals surface area contributed by atoms with Gasteiger partial charge in [-0.2, -0.15) is 0 Å². The molecular formula is C15H30O11Si. The summed E-state index contributed by atoms with van der Waals surface area (Å²) in [6.45, 7) is 4.34. The van der Waals surface area contributed by atoms with Crippen LogP contribution in [0.15, 0.2) is 0 Å². The van der Waals surface area contributed by atoms with Gasteiger partial charge < -0.3 is 54.4 Å². The third kappa shape index (κ3) is 5.23. The summed E-state index contributed by atoms with van der Waals surface area (Å²) in [5.41, 5.74) is 0. The van der Waals surface area contributed by atoms with Crippen molar-refractivity contribution in [3.63, 3.8) is 0 Å². The van der Waals surface area contributed by atoms with Gasteiger partial charge in [-0.15, -0.1) is 0 Å². The second kappa shape index (κ2) is 9.07. The molecule has 0 saturated carbocycles. The summed E-state index contributed by atoms with van der Waals surface area (Å²) in [5, 5.41) is 69.2. The van der Waals surface area contributed by atoms with Gasteiger partial charge in [-0.3, -0.25) is 0 Å². The smallest absolute Gasteiger partial charge is 0.189 e. The van der Waals surface area contributed by atoms with Gasteiger partial charge in [0.15, 0.2) is 20.9 Å². The molecule has 0 unspecified atom stereocenters. The predicted molar refractivity (Wildman–Crippen MR) is 90.8 cm³/mol. The minimum atomic E-state index is -2.20. The molecule has 0 radical (unpaired) electrons. The lowest BCUT2D eigenvalue weighted by Gasteiger charge is -2.46. The Bertz CT molecular complexity index is 473. The molecule has 0 bridgehead atoms. The minimum Gasteiger partial charge on any atom is -0.409 e. The Morgan fingerprint density at radius 2 is 1.19 bits per heavy atom. The van der Waals surface area contributed by atoms with Crippen LogP contribution in [0, 0.1) is 0 Å². The molecule has 160 valence electrons. The van der Waals surface area contributed by atoms with Crippen LogP contribution in [0.5, 0.6) is 0 Å². The van der Waals surface area contributed by atoms with Gasteiger partial charge in [0.05, 0.1) is 13.2 Å². The first-order chi connectivity index (χ1) is 12.5. The van der Waals surface area contributed by atoms with Crippen molar-refractivity contribution >= 4 is 8.32 Å². The van der Waals surface area contributed by atoms with Crippen LogP contribution in [0.3, 0.4) is 0 Å². The highest BCUT2D eigenvalue weighted by Crippen LogP contribution is 2.30. The molecule has 2 rings (SSSR count). The van der Waals surface area contributed by atoms with Crippen LogP contribution in [-0.4, -0.2) is 119 Å². The van der Waals surface area contributed by atoms with Crippen LogP contribution in [0.2, 0.25) is 19.6 Å². The van der Waals surface area contributed by atoms with Crippen molar-refractivity contribution in [2.24, 2.45) is 0 Å². The van der Waals surface area contributed by atoms with E-state index in [-0.39, 0.29) is 0 Å². The molecule has 10 atom stereocenters. The highest BCUT2D eigenvalue weighted by atomic mass is 28.4. The third-order valence-corrected chi connectivity index (χ3v) is 5.41. The highest BCUT2D eigenvalue weighted by molar-refractivity contribution is 6.69. The quantitative estimate of drug-likeness (QED) is 0.214. The van der Waals surface area contributed by atoms with E-state index in [1.54, 1.807) is 0 Å². The summed E-state index contributed by atoms with van der Waals surface area (Å²) < 4.78 is 21.8. The molecule has 2 fully saturated rings. The monoisotopic (exact) mass is 414 g/mol. The first kappa shape index (κ1) is 23.1. The van der Waals surface area contributed by atoms with Crippen LogP contribution < -0.4 is 0 Å². The maximum absolute atomic E-state index is 10.5. The van der Waals surface area contributed by atoms with Crippen LogP contribution in [0.25, 0.3) is 0 Å². The molecule has 0 aromatic rings. The van der Waals surface area contributed by atoms with E-state index < -0.39 is 82.9 Å². The molecule has 0 amide bonds. The molecule has 11 nitrogen and oxygen atoms in total. The topological polar surface area (TPSA) is 179 Å². The average Bonchev–Trinajstić information content (AvgIpc) is 2.60. The molecule has 0 spiro atoms. The SMILES string of the molecule is C[Si](C)(C)O[C@@H]1[C@@H](O)[C@@H](O[C@H]2O[C@H](CO)[C@@H](O)[C@H](O)[C@H]2O)O[C@H](CO)[C@H]1O. The van der Waals surface area contributed by atoms with Gasteiger partial charge in [-0.05, 0) is 19.6 Å². The summed E-state index contributed by atoms with van der Waals surface area (Å²) in [7, 11) is -2.20. The largest absolute Gasteiger partial charge is 0.409 e. The van der Waals surface area contributed by atoms with Gasteiger partial charge >= 0.3 is 0 Å². The van der Waals surface area contributed by atoms with Gasteiger partial charge in [0, 0.05) is 0 Å². The average molecular weight is 414 g/mol. The lowest BCUT2D eigenvalue weighted by molar-refractivity contribution is -0.375. The zero-order valence-electron chi connectivity index (χ0n) is 15.5. The fraction of sp³-hybridized carbons (Fsp3) is 1.00. The molecule has 27 heavy (non-hydrogen) atoms.